The van der Waals surface area contributed by atoms with Gasteiger partial charge in [-0.05, 0) is 42.8 Å². The SMILES string of the molecule is COc1ccc2c(=O)c(OCCCBr)c(-c3ccc(Br)cc3)oc2c1. The number of hydrogen-bond acceptors (Lipinski definition) is 4. The minimum Gasteiger partial charge on any atom is -0.497 e. The van der Waals surface area contributed by atoms with Gasteiger partial charge in [-0.15, -0.1) is 0 Å². The summed E-state index contributed by atoms with van der Waals surface area (Å²) in [6, 6.07) is 12.7. The number of alkyl halides is 1. The van der Waals surface area contributed by atoms with E-state index in [0.29, 0.717) is 29.1 Å². The van der Waals surface area contributed by atoms with Gasteiger partial charge in [-0.25, -0.2) is 0 Å². The molecule has 0 spiro atoms. The lowest BCUT2D eigenvalue weighted by Gasteiger charge is -2.12. The molecule has 3 aromatic rings. The number of hydrogen-bond donors (Lipinski definition) is 0. The highest BCUT2D eigenvalue weighted by Gasteiger charge is 2.18. The molecular weight excluding hydrogens is 452 g/mol. The fraction of sp³-hybridized carbons (Fsp3) is 0.211. The second-order valence-electron chi connectivity index (χ2n) is 5.35. The van der Waals surface area contributed by atoms with E-state index in [1.165, 1.54) is 0 Å². The molecule has 3 rings (SSSR count). The third kappa shape index (κ3) is 3.90. The number of benzene rings is 2. The Bertz CT molecular complexity index is 933. The van der Waals surface area contributed by atoms with Crippen LogP contribution in [0.4, 0.5) is 0 Å². The lowest BCUT2D eigenvalue weighted by Crippen LogP contribution is -2.11. The molecule has 0 aliphatic rings. The second-order valence-corrected chi connectivity index (χ2v) is 7.06. The van der Waals surface area contributed by atoms with E-state index < -0.39 is 0 Å². The predicted molar refractivity (Wildman–Crippen MR) is 106 cm³/mol. The summed E-state index contributed by atoms with van der Waals surface area (Å²) in [6.07, 6.45) is 0.792. The Morgan fingerprint density at radius 3 is 2.56 bits per heavy atom. The van der Waals surface area contributed by atoms with Crippen molar-refractivity contribution < 1.29 is 13.9 Å². The number of fused-ring (bicyclic) bond motifs is 1. The van der Waals surface area contributed by atoms with Crippen molar-refractivity contribution in [2.24, 2.45) is 0 Å². The zero-order valence-electron chi connectivity index (χ0n) is 13.6. The third-order valence-electron chi connectivity index (χ3n) is 3.69. The highest BCUT2D eigenvalue weighted by atomic mass is 79.9. The van der Waals surface area contributed by atoms with E-state index in [0.717, 1.165) is 21.8 Å². The van der Waals surface area contributed by atoms with Crippen molar-refractivity contribution in [2.45, 2.75) is 6.42 Å². The molecule has 25 heavy (non-hydrogen) atoms. The highest BCUT2D eigenvalue weighted by molar-refractivity contribution is 9.10. The Morgan fingerprint density at radius 2 is 1.88 bits per heavy atom. The zero-order valence-corrected chi connectivity index (χ0v) is 16.7. The molecule has 130 valence electrons. The first kappa shape index (κ1) is 18.0. The quantitative estimate of drug-likeness (QED) is 0.360. The van der Waals surface area contributed by atoms with E-state index >= 15 is 0 Å². The van der Waals surface area contributed by atoms with Gasteiger partial charge in [0.2, 0.25) is 11.2 Å². The first-order valence-corrected chi connectivity index (χ1v) is 9.65. The minimum absolute atomic E-state index is 0.184. The van der Waals surface area contributed by atoms with Gasteiger partial charge in [-0.2, -0.15) is 0 Å². The molecule has 0 saturated carbocycles. The van der Waals surface area contributed by atoms with Crippen LogP contribution in [0.2, 0.25) is 0 Å². The molecule has 0 atom stereocenters. The lowest BCUT2D eigenvalue weighted by atomic mass is 10.1. The molecule has 0 saturated heterocycles. The van der Waals surface area contributed by atoms with Crippen LogP contribution < -0.4 is 14.9 Å². The lowest BCUT2D eigenvalue weighted by molar-refractivity contribution is 0.310. The molecule has 0 aliphatic carbocycles. The molecule has 0 unspecified atom stereocenters. The molecule has 0 radical (unpaired) electrons. The summed E-state index contributed by atoms with van der Waals surface area (Å²) < 4.78 is 18.0. The summed E-state index contributed by atoms with van der Waals surface area (Å²) in [5.74, 6) is 1.29. The molecule has 0 bridgehead atoms. The molecule has 6 heteroatoms. The smallest absolute Gasteiger partial charge is 0.235 e. The van der Waals surface area contributed by atoms with Crippen molar-refractivity contribution >= 4 is 42.8 Å². The van der Waals surface area contributed by atoms with Gasteiger partial charge < -0.3 is 13.9 Å². The van der Waals surface area contributed by atoms with Gasteiger partial charge in [0, 0.05) is 21.4 Å². The van der Waals surface area contributed by atoms with Crippen molar-refractivity contribution in [2.75, 3.05) is 19.0 Å². The van der Waals surface area contributed by atoms with Crippen LogP contribution in [0.25, 0.3) is 22.3 Å². The van der Waals surface area contributed by atoms with E-state index in [-0.39, 0.29) is 11.2 Å². The molecule has 0 aliphatic heterocycles. The van der Waals surface area contributed by atoms with Gasteiger partial charge in [0.15, 0.2) is 5.76 Å². The summed E-state index contributed by atoms with van der Waals surface area (Å²) in [5.41, 5.74) is 1.06. The molecule has 1 aromatic heterocycles. The Balaban J connectivity index is 2.20. The van der Waals surface area contributed by atoms with Crippen molar-refractivity contribution in [3.63, 3.8) is 0 Å². The highest BCUT2D eigenvalue weighted by Crippen LogP contribution is 2.32. The standard InChI is InChI=1S/C19H16Br2O4/c1-23-14-7-8-15-16(11-14)25-18(12-3-5-13(21)6-4-12)19(17(15)22)24-10-2-9-20/h3-8,11H,2,9-10H2,1H3. The first-order chi connectivity index (χ1) is 12.1. The van der Waals surface area contributed by atoms with Crippen molar-refractivity contribution in [1.29, 1.82) is 0 Å². The topological polar surface area (TPSA) is 48.7 Å². The van der Waals surface area contributed by atoms with Crippen molar-refractivity contribution in [1.82, 2.24) is 0 Å². The van der Waals surface area contributed by atoms with Gasteiger partial charge in [0.05, 0.1) is 19.1 Å². The normalized spacial score (nSPS) is 10.8. The molecule has 0 N–H and O–H groups in total. The maximum atomic E-state index is 12.9. The van der Waals surface area contributed by atoms with Gasteiger partial charge >= 0.3 is 0 Å². The van der Waals surface area contributed by atoms with Crippen LogP contribution >= 0.6 is 31.9 Å². The Morgan fingerprint density at radius 1 is 1.12 bits per heavy atom. The van der Waals surface area contributed by atoms with Crippen molar-refractivity contribution in [3.05, 3.63) is 57.2 Å². The number of rotatable bonds is 6. The zero-order chi connectivity index (χ0) is 17.8. The monoisotopic (exact) mass is 466 g/mol. The van der Waals surface area contributed by atoms with E-state index in [1.54, 1.807) is 25.3 Å². The number of halogens is 2. The molecule has 2 aromatic carbocycles. The third-order valence-corrected chi connectivity index (χ3v) is 4.78. The summed E-state index contributed by atoms with van der Waals surface area (Å²) in [6.45, 7) is 0.432. The number of ether oxygens (including phenoxy) is 2. The molecule has 4 nitrogen and oxygen atoms in total. The van der Waals surface area contributed by atoms with Gasteiger partial charge in [0.25, 0.3) is 0 Å². The minimum atomic E-state index is -0.184. The average Bonchev–Trinajstić information content (AvgIpc) is 2.63. The van der Waals surface area contributed by atoms with E-state index in [9.17, 15) is 4.79 Å². The largest absolute Gasteiger partial charge is 0.497 e. The molecular formula is C19H16Br2O4. The van der Waals surface area contributed by atoms with Crippen LogP contribution in [0.5, 0.6) is 11.5 Å². The average molecular weight is 468 g/mol. The Labute approximate surface area is 162 Å². The molecule has 0 fully saturated rings. The van der Waals surface area contributed by atoms with Crippen LogP contribution in [0.3, 0.4) is 0 Å². The van der Waals surface area contributed by atoms with E-state index in [2.05, 4.69) is 31.9 Å². The van der Waals surface area contributed by atoms with E-state index in [1.807, 2.05) is 24.3 Å². The van der Waals surface area contributed by atoms with Crippen LogP contribution in [-0.4, -0.2) is 19.0 Å². The van der Waals surface area contributed by atoms with Gasteiger partial charge in [-0.1, -0.05) is 31.9 Å². The summed E-state index contributed by atoms with van der Waals surface area (Å²) in [5, 5.41) is 1.27. The number of methoxy groups -OCH3 is 1. The molecule has 1 heterocycles. The van der Waals surface area contributed by atoms with Gasteiger partial charge in [-0.3, -0.25) is 4.79 Å². The van der Waals surface area contributed by atoms with E-state index in [4.69, 9.17) is 13.9 Å². The Kier molecular flexibility index (Phi) is 5.81. The predicted octanol–water partition coefficient (Wildman–Crippen LogP) is 5.39. The van der Waals surface area contributed by atoms with Crippen LogP contribution in [0.1, 0.15) is 6.42 Å². The second kappa shape index (κ2) is 8.06. The maximum Gasteiger partial charge on any atom is 0.235 e. The van der Waals surface area contributed by atoms with Gasteiger partial charge in [0.1, 0.15) is 11.3 Å². The van der Waals surface area contributed by atoms with Crippen LogP contribution in [0, 0.1) is 0 Å². The molecule has 0 amide bonds. The maximum absolute atomic E-state index is 12.9. The summed E-state index contributed by atoms with van der Waals surface area (Å²) in [7, 11) is 1.58. The summed E-state index contributed by atoms with van der Waals surface area (Å²) >= 11 is 6.78. The fourth-order valence-corrected chi connectivity index (χ4v) is 2.93. The van der Waals surface area contributed by atoms with Crippen LogP contribution in [-0.2, 0) is 0 Å². The Hall–Kier alpha value is -1.79. The first-order valence-electron chi connectivity index (χ1n) is 7.73. The van der Waals surface area contributed by atoms with Crippen LogP contribution in [0.15, 0.2) is 56.1 Å². The van der Waals surface area contributed by atoms with Crippen molar-refractivity contribution in [3.8, 4) is 22.8 Å². The fourth-order valence-electron chi connectivity index (χ4n) is 2.43. The summed E-state index contributed by atoms with van der Waals surface area (Å²) in [4.78, 5) is 12.9.